The maximum Gasteiger partial charge on any atom is 0.161 e. The molecule has 0 unspecified atom stereocenters. The Bertz CT molecular complexity index is 655. The fraction of sp³-hybridized carbons (Fsp3) is 0.143. The molecule has 0 amide bonds. The smallest absolute Gasteiger partial charge is 0.161 e. The summed E-state index contributed by atoms with van der Waals surface area (Å²) in [4.78, 5) is 4.86. The number of aromatic nitrogens is 1. The first-order valence-electron chi connectivity index (χ1n) is 5.94. The molecule has 0 fully saturated rings. The summed E-state index contributed by atoms with van der Waals surface area (Å²) in [6.07, 6.45) is 0. The zero-order chi connectivity index (χ0) is 14.4. The van der Waals surface area contributed by atoms with Crippen LogP contribution in [0.1, 0.15) is 5.69 Å². The van der Waals surface area contributed by atoms with Crippen LogP contribution in [0.4, 0.5) is 5.82 Å². The van der Waals surface area contributed by atoms with E-state index in [1.807, 2.05) is 36.4 Å². The SMILES string of the molecule is N#Cc1nc(NCC[S@](=O)c2ccccc2)ccc1Cl. The molecular formula is C14H12ClN3OS. The van der Waals surface area contributed by atoms with Crippen molar-refractivity contribution in [2.75, 3.05) is 17.6 Å². The quantitative estimate of drug-likeness (QED) is 0.922. The molecule has 0 aliphatic heterocycles. The highest BCUT2D eigenvalue weighted by Crippen LogP contribution is 2.15. The third kappa shape index (κ3) is 3.80. The van der Waals surface area contributed by atoms with Gasteiger partial charge in [-0.3, -0.25) is 4.21 Å². The molecule has 102 valence electrons. The first kappa shape index (κ1) is 14.5. The molecule has 1 aromatic heterocycles. The van der Waals surface area contributed by atoms with Crippen LogP contribution in [-0.4, -0.2) is 21.5 Å². The molecule has 1 N–H and O–H groups in total. The summed E-state index contributed by atoms with van der Waals surface area (Å²) in [6.45, 7) is 0.501. The van der Waals surface area contributed by atoms with Gasteiger partial charge in [-0.15, -0.1) is 0 Å². The van der Waals surface area contributed by atoms with Crippen molar-refractivity contribution in [3.63, 3.8) is 0 Å². The fourth-order valence-electron chi connectivity index (χ4n) is 1.58. The topological polar surface area (TPSA) is 65.8 Å². The Hall–Kier alpha value is -1.90. The zero-order valence-electron chi connectivity index (χ0n) is 10.5. The van der Waals surface area contributed by atoms with E-state index in [2.05, 4.69) is 10.3 Å². The Balaban J connectivity index is 1.91. The summed E-state index contributed by atoms with van der Waals surface area (Å²) in [7, 11) is -1.05. The van der Waals surface area contributed by atoms with Gasteiger partial charge >= 0.3 is 0 Å². The molecule has 1 aromatic carbocycles. The van der Waals surface area contributed by atoms with E-state index in [0.29, 0.717) is 23.1 Å². The van der Waals surface area contributed by atoms with Crippen LogP contribution >= 0.6 is 11.6 Å². The molecular weight excluding hydrogens is 294 g/mol. The number of nitrogens with one attached hydrogen (secondary N) is 1. The van der Waals surface area contributed by atoms with Gasteiger partial charge in [-0.1, -0.05) is 29.8 Å². The molecule has 0 saturated heterocycles. The van der Waals surface area contributed by atoms with Crippen molar-refractivity contribution in [2.24, 2.45) is 0 Å². The predicted molar refractivity (Wildman–Crippen MR) is 80.2 cm³/mol. The first-order chi connectivity index (χ1) is 9.70. The number of nitriles is 1. The van der Waals surface area contributed by atoms with Crippen molar-refractivity contribution in [1.29, 1.82) is 5.26 Å². The van der Waals surface area contributed by atoms with Crippen molar-refractivity contribution in [3.05, 3.63) is 53.2 Å². The van der Waals surface area contributed by atoms with E-state index in [1.165, 1.54) is 0 Å². The minimum atomic E-state index is -1.05. The van der Waals surface area contributed by atoms with Crippen LogP contribution in [-0.2, 0) is 10.8 Å². The van der Waals surface area contributed by atoms with E-state index in [9.17, 15) is 4.21 Å². The zero-order valence-corrected chi connectivity index (χ0v) is 12.1. The molecule has 0 radical (unpaired) electrons. The van der Waals surface area contributed by atoms with Crippen LogP contribution in [0.25, 0.3) is 0 Å². The van der Waals surface area contributed by atoms with E-state index in [0.717, 1.165) is 4.90 Å². The van der Waals surface area contributed by atoms with E-state index < -0.39 is 10.8 Å². The van der Waals surface area contributed by atoms with E-state index >= 15 is 0 Å². The van der Waals surface area contributed by atoms with E-state index in [4.69, 9.17) is 16.9 Å². The second-order valence-corrected chi connectivity index (χ2v) is 5.91. The molecule has 1 heterocycles. The summed E-state index contributed by atoms with van der Waals surface area (Å²) >= 11 is 5.80. The highest BCUT2D eigenvalue weighted by Gasteiger charge is 2.05. The minimum absolute atomic E-state index is 0.181. The van der Waals surface area contributed by atoms with Gasteiger partial charge in [0.15, 0.2) is 5.69 Å². The summed E-state index contributed by atoms with van der Waals surface area (Å²) in [5.74, 6) is 1.02. The Morgan fingerprint density at radius 1 is 1.25 bits per heavy atom. The first-order valence-corrected chi connectivity index (χ1v) is 7.64. The average molecular weight is 306 g/mol. The minimum Gasteiger partial charge on any atom is -0.369 e. The Morgan fingerprint density at radius 3 is 2.70 bits per heavy atom. The molecule has 0 spiro atoms. The number of nitrogens with zero attached hydrogens (tertiary/aromatic N) is 2. The van der Waals surface area contributed by atoms with Crippen molar-refractivity contribution in [1.82, 2.24) is 4.98 Å². The number of pyridine rings is 1. The Morgan fingerprint density at radius 2 is 2.00 bits per heavy atom. The standard InChI is InChI=1S/C14H12ClN3OS/c15-12-6-7-14(18-13(12)10-16)17-8-9-20(19)11-4-2-1-3-5-11/h1-7H,8-9H2,(H,17,18)/t20-/m0/s1. The van der Waals surface area contributed by atoms with Gasteiger partial charge in [0.25, 0.3) is 0 Å². The van der Waals surface area contributed by atoms with Gasteiger partial charge in [-0.05, 0) is 24.3 Å². The lowest BCUT2D eigenvalue weighted by Gasteiger charge is -2.06. The molecule has 2 aromatic rings. The normalized spacial score (nSPS) is 11.6. The van der Waals surface area contributed by atoms with Gasteiger partial charge < -0.3 is 5.32 Å². The van der Waals surface area contributed by atoms with Crippen molar-refractivity contribution in [2.45, 2.75) is 4.90 Å². The lowest BCUT2D eigenvalue weighted by atomic mass is 10.3. The second-order valence-electron chi connectivity index (χ2n) is 3.93. The summed E-state index contributed by atoms with van der Waals surface area (Å²) in [6, 6.07) is 14.5. The van der Waals surface area contributed by atoms with Gasteiger partial charge in [-0.2, -0.15) is 5.26 Å². The third-order valence-corrected chi connectivity index (χ3v) is 4.23. The lowest BCUT2D eigenvalue weighted by Crippen LogP contribution is -2.12. The van der Waals surface area contributed by atoms with E-state index in [1.54, 1.807) is 12.1 Å². The maximum absolute atomic E-state index is 12.0. The van der Waals surface area contributed by atoms with Crippen molar-refractivity contribution >= 4 is 28.2 Å². The number of rotatable bonds is 5. The van der Waals surface area contributed by atoms with Crippen LogP contribution in [0.2, 0.25) is 5.02 Å². The Labute approximate surface area is 124 Å². The van der Waals surface area contributed by atoms with Crippen LogP contribution in [0.5, 0.6) is 0 Å². The second kappa shape index (κ2) is 7.04. The number of anilines is 1. The predicted octanol–water partition coefficient (Wildman–Crippen LogP) is 2.83. The van der Waals surface area contributed by atoms with E-state index in [-0.39, 0.29) is 5.69 Å². The van der Waals surface area contributed by atoms with Crippen LogP contribution in [0, 0.1) is 11.3 Å². The van der Waals surface area contributed by atoms with Crippen molar-refractivity contribution < 1.29 is 4.21 Å². The van der Waals surface area contributed by atoms with Gasteiger partial charge in [0, 0.05) is 17.2 Å². The lowest BCUT2D eigenvalue weighted by molar-refractivity contribution is 0.683. The molecule has 0 aliphatic rings. The molecule has 1 atom stereocenters. The molecule has 0 aliphatic carbocycles. The summed E-state index contributed by atoms with van der Waals surface area (Å²) < 4.78 is 12.0. The number of benzene rings is 1. The van der Waals surface area contributed by atoms with Crippen molar-refractivity contribution in [3.8, 4) is 6.07 Å². The maximum atomic E-state index is 12.0. The van der Waals surface area contributed by atoms with Crippen LogP contribution in [0.15, 0.2) is 47.4 Å². The summed E-state index contributed by atoms with van der Waals surface area (Å²) in [5, 5.41) is 12.2. The fourth-order valence-corrected chi connectivity index (χ4v) is 2.71. The van der Waals surface area contributed by atoms with Crippen LogP contribution in [0.3, 0.4) is 0 Å². The largest absolute Gasteiger partial charge is 0.369 e. The molecule has 20 heavy (non-hydrogen) atoms. The van der Waals surface area contributed by atoms with Gasteiger partial charge in [0.1, 0.15) is 11.9 Å². The highest BCUT2D eigenvalue weighted by molar-refractivity contribution is 7.85. The molecule has 4 nitrogen and oxygen atoms in total. The van der Waals surface area contributed by atoms with Gasteiger partial charge in [0.2, 0.25) is 0 Å². The molecule has 0 bridgehead atoms. The molecule has 6 heteroatoms. The monoisotopic (exact) mass is 305 g/mol. The Kier molecular flexibility index (Phi) is 5.10. The molecule has 2 rings (SSSR count). The average Bonchev–Trinajstić information content (AvgIpc) is 2.49. The summed E-state index contributed by atoms with van der Waals surface area (Å²) in [5.41, 5.74) is 0.181. The van der Waals surface area contributed by atoms with Gasteiger partial charge in [0.05, 0.1) is 15.8 Å². The van der Waals surface area contributed by atoms with Crippen LogP contribution < -0.4 is 5.32 Å². The number of halogens is 1. The number of hydrogen-bond acceptors (Lipinski definition) is 4. The van der Waals surface area contributed by atoms with Gasteiger partial charge in [-0.25, -0.2) is 4.98 Å². The third-order valence-electron chi connectivity index (χ3n) is 2.55. The molecule has 0 saturated carbocycles. The highest BCUT2D eigenvalue weighted by atomic mass is 35.5. The number of hydrogen-bond donors (Lipinski definition) is 1.